The highest BCUT2D eigenvalue weighted by molar-refractivity contribution is 5.71. The molecule has 12 nitrogen and oxygen atoms in total. The summed E-state index contributed by atoms with van der Waals surface area (Å²) < 4.78 is 41.3. The lowest BCUT2D eigenvalue weighted by molar-refractivity contribution is -0.140. The maximum absolute atomic E-state index is 13.2. The van der Waals surface area contributed by atoms with E-state index in [4.69, 9.17) is 28.4 Å². The van der Waals surface area contributed by atoms with Crippen molar-refractivity contribution in [3.05, 3.63) is 173 Å². The molecule has 0 aliphatic heterocycles. The number of hydrogen-bond donors (Lipinski definition) is 3. The fraction of sp³-hybridized carbons (Fsp3) is 0.606. The summed E-state index contributed by atoms with van der Waals surface area (Å²) in [6.45, 7) is 66.7. The quantitative estimate of drug-likeness (QED) is 0.0525. The smallest absolute Gasteiger partial charge is 0.341 e. The SMILES string of the molecule is COc1c2cc(C(C)(C)CC(C)(C)C)cc1Cc1cc(C(C)(C)CC(C)(C)C)cc(c1OCC(=O)O)Cc1cc(C(C)(C)CC(C)(C)C)cc(c1OC)Cc1cc(C(C)(C)CC(C)(C)C)cc(c1OCC(=O)O)Cc1cc(C(C)(C)CC(C)(C)C)cc(c1OC)Cc1cc(C(C)(C)CC(C)(C)C)cc(c1OCC(=O)O)C2. The van der Waals surface area contributed by atoms with E-state index in [9.17, 15) is 29.7 Å². The first-order valence-corrected chi connectivity index (χ1v) is 40.6. The zero-order valence-corrected chi connectivity index (χ0v) is 75.1. The van der Waals surface area contributed by atoms with Gasteiger partial charge < -0.3 is 43.7 Å². The number of methoxy groups -OCH3 is 3. The normalized spacial score (nSPS) is 14.1. The highest BCUT2D eigenvalue weighted by atomic mass is 16.5. The molecule has 1 aliphatic rings. The van der Waals surface area contributed by atoms with Crippen LogP contribution in [0.2, 0.25) is 0 Å². The molecule has 0 unspecified atom stereocenters. The number of ether oxygens (including phenoxy) is 6. The van der Waals surface area contributed by atoms with Crippen molar-refractivity contribution in [2.45, 2.75) is 317 Å². The second kappa shape index (κ2) is 33.2. The van der Waals surface area contributed by atoms with E-state index in [1.807, 2.05) is 0 Å². The van der Waals surface area contributed by atoms with E-state index in [0.29, 0.717) is 34.5 Å². The molecule has 6 aromatic rings. The fourth-order valence-corrected chi connectivity index (χ4v) is 20.0. The van der Waals surface area contributed by atoms with Crippen LogP contribution in [0, 0.1) is 32.5 Å². The number of rotatable bonds is 24. The molecule has 612 valence electrons. The molecule has 0 aromatic heterocycles. The molecule has 12 heteroatoms. The molecular formula is C99H144O12. The van der Waals surface area contributed by atoms with Crippen molar-refractivity contribution in [2.24, 2.45) is 32.5 Å². The molecule has 111 heavy (non-hydrogen) atoms. The highest BCUT2D eigenvalue weighted by Crippen LogP contribution is 2.51. The third kappa shape index (κ3) is 24.5. The van der Waals surface area contributed by atoms with Gasteiger partial charge in [0.05, 0.1) is 21.3 Å². The molecule has 0 saturated heterocycles. The molecule has 1 aliphatic carbocycles. The number of carboxylic acids is 3. The molecule has 12 bridgehead atoms. The summed E-state index contributed by atoms with van der Waals surface area (Å²) in [4.78, 5) is 39.7. The zero-order chi connectivity index (χ0) is 83.9. The minimum atomic E-state index is -1.11. The number of carboxylic acid groups (broad SMARTS) is 3. The molecule has 0 saturated carbocycles. The molecule has 3 N–H and O–H groups in total. The summed E-state index contributed by atoms with van der Waals surface area (Å²) in [5.41, 5.74) is 13.4. The van der Waals surface area contributed by atoms with E-state index in [0.717, 1.165) is 139 Å². The summed E-state index contributed by atoms with van der Waals surface area (Å²) in [6.07, 6.45) is 6.58. The summed E-state index contributed by atoms with van der Waals surface area (Å²) in [6, 6.07) is 27.2. The van der Waals surface area contributed by atoms with E-state index < -0.39 is 70.2 Å². The van der Waals surface area contributed by atoms with Crippen LogP contribution in [0.1, 0.15) is 346 Å². The summed E-state index contributed by atoms with van der Waals surface area (Å²) >= 11 is 0. The van der Waals surface area contributed by atoms with Gasteiger partial charge in [0.2, 0.25) is 0 Å². The summed E-state index contributed by atoms with van der Waals surface area (Å²) in [5, 5.41) is 32.4. The molecule has 0 spiro atoms. The average molecular weight is 1530 g/mol. The van der Waals surface area contributed by atoms with Gasteiger partial charge in [-0.25, -0.2) is 14.4 Å². The Labute approximate surface area is 670 Å². The van der Waals surface area contributed by atoms with Gasteiger partial charge in [-0.3, -0.25) is 0 Å². The second-order valence-corrected chi connectivity index (χ2v) is 44.2. The van der Waals surface area contributed by atoms with E-state index in [1.54, 1.807) is 21.3 Å². The van der Waals surface area contributed by atoms with Gasteiger partial charge in [-0.1, -0.05) is 281 Å². The van der Waals surface area contributed by atoms with Crippen molar-refractivity contribution < 1.29 is 58.1 Å². The first-order valence-electron chi connectivity index (χ1n) is 40.6. The van der Waals surface area contributed by atoms with Crippen LogP contribution < -0.4 is 28.4 Å². The Kier molecular flexibility index (Phi) is 27.1. The van der Waals surface area contributed by atoms with Crippen molar-refractivity contribution >= 4 is 17.9 Å². The lowest BCUT2D eigenvalue weighted by Gasteiger charge is -2.35. The predicted molar refractivity (Wildman–Crippen MR) is 457 cm³/mol. The molecule has 0 fully saturated rings. The lowest BCUT2D eigenvalue weighted by Crippen LogP contribution is -2.26. The van der Waals surface area contributed by atoms with E-state index >= 15 is 0 Å². The fourth-order valence-electron chi connectivity index (χ4n) is 20.0. The van der Waals surface area contributed by atoms with Gasteiger partial charge in [0, 0.05) is 38.5 Å². The van der Waals surface area contributed by atoms with E-state index in [2.05, 4.69) is 281 Å². The van der Waals surface area contributed by atoms with E-state index in [-0.39, 0.29) is 71.0 Å². The van der Waals surface area contributed by atoms with Gasteiger partial charge in [-0.05, 0) is 204 Å². The Balaban J connectivity index is 1.85. The number of benzene rings is 6. The summed E-state index contributed by atoms with van der Waals surface area (Å²) in [7, 11) is 5.18. The van der Waals surface area contributed by atoms with Crippen molar-refractivity contribution in [3.8, 4) is 34.5 Å². The Morgan fingerprint density at radius 1 is 0.234 bits per heavy atom. The molecule has 6 aromatic carbocycles. The second-order valence-electron chi connectivity index (χ2n) is 44.2. The molecule has 7 rings (SSSR count). The molecule has 0 amide bonds. The number of carbonyl (C=O) groups is 3. The van der Waals surface area contributed by atoms with Gasteiger partial charge in [0.1, 0.15) is 34.5 Å². The molecule has 0 radical (unpaired) electrons. The third-order valence-electron chi connectivity index (χ3n) is 21.9. The maximum Gasteiger partial charge on any atom is 0.341 e. The van der Waals surface area contributed by atoms with Crippen LogP contribution in [0.25, 0.3) is 0 Å². The largest absolute Gasteiger partial charge is 0.496 e. The van der Waals surface area contributed by atoms with Gasteiger partial charge in [0.15, 0.2) is 19.8 Å². The van der Waals surface area contributed by atoms with Crippen molar-refractivity contribution in [1.82, 2.24) is 0 Å². The minimum absolute atomic E-state index is 0.0894. The Morgan fingerprint density at radius 3 is 0.450 bits per heavy atom. The summed E-state index contributed by atoms with van der Waals surface area (Å²) in [5.74, 6) is -0.0156. The number of hydrogen-bond acceptors (Lipinski definition) is 9. The average Bonchev–Trinajstić information content (AvgIpc) is 0.764. The van der Waals surface area contributed by atoms with Crippen LogP contribution in [0.3, 0.4) is 0 Å². The first-order chi connectivity index (χ1) is 50.4. The predicted octanol–water partition coefficient (Wildman–Crippen LogP) is 24.2. The lowest BCUT2D eigenvalue weighted by atomic mass is 9.70. The van der Waals surface area contributed by atoms with E-state index in [1.165, 1.54) is 0 Å². The number of aliphatic carboxylic acids is 3. The Morgan fingerprint density at radius 2 is 0.351 bits per heavy atom. The van der Waals surface area contributed by atoms with Crippen molar-refractivity contribution in [3.63, 3.8) is 0 Å². The van der Waals surface area contributed by atoms with Crippen molar-refractivity contribution in [2.75, 3.05) is 41.2 Å². The van der Waals surface area contributed by atoms with Crippen LogP contribution >= 0.6 is 0 Å². The highest BCUT2D eigenvalue weighted by Gasteiger charge is 2.39. The Hall–Kier alpha value is -7.47. The third-order valence-corrected chi connectivity index (χ3v) is 21.9. The molecule has 0 atom stereocenters. The molecule has 0 heterocycles. The van der Waals surface area contributed by atoms with Crippen LogP contribution in [0.4, 0.5) is 0 Å². The standard InChI is InChI=1S/C99H144O12/c1-88(2,3)55-94(19,20)73-40-61-34-67-46-76(97(25,26)58-91(10,11)12)48-69(85(67)109-52-79(100)101)36-63-42-74(95(21,22)56-89(4,5)6)44-65(83(63)107-32)38-71-50-78(99(29,30)60-93(16,17)18)51-72(87(71)111-54-81(104)105)39-66-45-75(96(23,24)57-90(7,8)9)43-64(84(66)108-33)37-70-49-77(98(27,28)59-92(13,14)15)47-68(86(70)110-53-80(102)103)35-62(41-73)82(61)106-31/h40-51H,34-39,52-60H2,1-33H3,(H,100,101)(H,102,103)(H,104,105). The topological polar surface area (TPSA) is 167 Å². The van der Waals surface area contributed by atoms with Crippen molar-refractivity contribution in [1.29, 1.82) is 0 Å². The van der Waals surface area contributed by atoms with Gasteiger partial charge in [-0.15, -0.1) is 0 Å². The maximum atomic E-state index is 13.2. The molecular weight excluding hydrogens is 1380 g/mol. The first kappa shape index (κ1) is 90.7. The van der Waals surface area contributed by atoms with Gasteiger partial charge in [0.25, 0.3) is 0 Å². The van der Waals surface area contributed by atoms with Gasteiger partial charge in [-0.2, -0.15) is 0 Å². The number of fused-ring (bicyclic) bond motifs is 12. The van der Waals surface area contributed by atoms with Crippen LogP contribution in [-0.4, -0.2) is 74.4 Å². The van der Waals surface area contributed by atoms with Gasteiger partial charge >= 0.3 is 17.9 Å². The minimum Gasteiger partial charge on any atom is -0.496 e. The van der Waals surface area contributed by atoms with Crippen LogP contribution in [-0.2, 0) is 85.4 Å². The monoisotopic (exact) mass is 1530 g/mol. The van der Waals surface area contributed by atoms with Crippen LogP contribution in [0.15, 0.2) is 72.8 Å². The van der Waals surface area contributed by atoms with Crippen LogP contribution in [0.5, 0.6) is 34.5 Å². The zero-order valence-electron chi connectivity index (χ0n) is 75.1. The Bertz CT molecular complexity index is 3760.